The normalized spacial score (nSPS) is 10.6. The molecule has 26 heavy (non-hydrogen) atoms. The molecule has 0 atom stereocenters. The number of nitrogens with zero attached hydrogens (tertiary/aromatic N) is 2. The lowest BCUT2D eigenvalue weighted by molar-refractivity contribution is 0.101. The lowest BCUT2D eigenvalue weighted by Gasteiger charge is -2.08. The van der Waals surface area contributed by atoms with Crippen LogP contribution in [0.1, 0.15) is 34.3 Å². The summed E-state index contributed by atoms with van der Waals surface area (Å²) in [4.78, 5) is 16.6. The van der Waals surface area contributed by atoms with Crippen LogP contribution in [0.2, 0.25) is 0 Å². The van der Waals surface area contributed by atoms with Gasteiger partial charge in [-0.1, -0.05) is 24.2 Å². The number of aryl methyl sites for hydroxylation is 2. The van der Waals surface area contributed by atoms with Gasteiger partial charge < -0.3 is 14.6 Å². The molecule has 134 valence electrons. The van der Waals surface area contributed by atoms with Gasteiger partial charge in [-0.3, -0.25) is 4.79 Å². The van der Waals surface area contributed by atoms with Gasteiger partial charge in [0.05, 0.1) is 5.56 Å². The summed E-state index contributed by atoms with van der Waals surface area (Å²) < 4.78 is 11.8. The molecule has 0 aliphatic carbocycles. The predicted molar refractivity (Wildman–Crippen MR) is 101 cm³/mol. The minimum Gasteiger partial charge on any atom is -0.489 e. The zero-order valence-electron chi connectivity index (χ0n) is 14.5. The van der Waals surface area contributed by atoms with Gasteiger partial charge in [-0.25, -0.2) is 4.98 Å². The van der Waals surface area contributed by atoms with Crippen molar-refractivity contribution in [2.75, 3.05) is 5.32 Å². The number of hydrogen-bond acceptors (Lipinski definition) is 5. The molecule has 0 bridgehead atoms. The van der Waals surface area contributed by atoms with E-state index in [1.54, 1.807) is 25.3 Å². The molecule has 1 N–H and O–H groups in total. The first kappa shape index (κ1) is 18.1. The average Bonchev–Trinajstić information content (AvgIpc) is 3.03. The summed E-state index contributed by atoms with van der Waals surface area (Å²) >= 11 is 3.30. The van der Waals surface area contributed by atoms with E-state index in [1.807, 2.05) is 24.3 Å². The highest BCUT2D eigenvalue weighted by Crippen LogP contribution is 2.20. The Bertz CT molecular complexity index is 889. The van der Waals surface area contributed by atoms with Crippen LogP contribution in [0, 0.1) is 6.92 Å². The summed E-state index contributed by atoms with van der Waals surface area (Å²) in [6.07, 6.45) is 2.58. The highest BCUT2D eigenvalue weighted by Gasteiger charge is 2.21. The molecule has 2 aromatic heterocycles. The Morgan fingerprint density at radius 2 is 2.00 bits per heavy atom. The number of benzene rings is 1. The van der Waals surface area contributed by atoms with Crippen LogP contribution >= 0.6 is 15.9 Å². The molecule has 0 fully saturated rings. The van der Waals surface area contributed by atoms with E-state index in [0.717, 1.165) is 16.6 Å². The van der Waals surface area contributed by atoms with Gasteiger partial charge in [-0.2, -0.15) is 0 Å². The van der Waals surface area contributed by atoms with Crippen LogP contribution in [0.25, 0.3) is 0 Å². The van der Waals surface area contributed by atoms with Gasteiger partial charge in [0, 0.05) is 10.7 Å². The number of nitrogens with one attached hydrogen (secondary N) is 1. The van der Waals surface area contributed by atoms with E-state index < -0.39 is 5.91 Å². The first-order valence-electron chi connectivity index (χ1n) is 8.16. The molecule has 1 amide bonds. The minimum absolute atomic E-state index is 0.192. The summed E-state index contributed by atoms with van der Waals surface area (Å²) in [5.74, 6) is 1.31. The van der Waals surface area contributed by atoms with E-state index in [9.17, 15) is 4.79 Å². The second-order valence-corrected chi connectivity index (χ2v) is 6.58. The molecule has 0 saturated heterocycles. The van der Waals surface area contributed by atoms with Gasteiger partial charge in [-0.15, -0.1) is 0 Å². The summed E-state index contributed by atoms with van der Waals surface area (Å²) in [5, 5.41) is 6.57. The van der Waals surface area contributed by atoms with Crippen LogP contribution in [-0.2, 0) is 13.0 Å². The van der Waals surface area contributed by atoms with Crippen molar-refractivity contribution < 1.29 is 14.1 Å². The third-order valence-electron chi connectivity index (χ3n) is 3.88. The topological polar surface area (TPSA) is 77.2 Å². The summed E-state index contributed by atoms with van der Waals surface area (Å²) in [7, 11) is 0. The van der Waals surface area contributed by atoms with Crippen LogP contribution in [0.15, 0.2) is 51.6 Å². The molecule has 7 heteroatoms. The Balaban J connectivity index is 1.71. The molecule has 0 radical (unpaired) electrons. The average molecular weight is 416 g/mol. The molecule has 1 aromatic carbocycles. The van der Waals surface area contributed by atoms with Crippen LogP contribution in [0.4, 0.5) is 5.82 Å². The monoisotopic (exact) mass is 415 g/mol. The maximum atomic E-state index is 12.5. The Kier molecular flexibility index (Phi) is 5.68. The predicted octanol–water partition coefficient (Wildman–Crippen LogP) is 4.53. The zero-order valence-corrected chi connectivity index (χ0v) is 16.0. The number of rotatable bonds is 6. The van der Waals surface area contributed by atoms with Gasteiger partial charge in [0.15, 0.2) is 5.69 Å². The fourth-order valence-electron chi connectivity index (χ4n) is 2.34. The van der Waals surface area contributed by atoms with Crippen LogP contribution in [-0.4, -0.2) is 16.0 Å². The van der Waals surface area contributed by atoms with Crippen LogP contribution < -0.4 is 10.1 Å². The van der Waals surface area contributed by atoms with Gasteiger partial charge in [-0.05, 0) is 59.1 Å². The second kappa shape index (κ2) is 8.14. The zero-order chi connectivity index (χ0) is 18.5. The number of hydrogen-bond donors (Lipinski definition) is 1. The summed E-state index contributed by atoms with van der Waals surface area (Å²) in [6.45, 7) is 4.04. The van der Waals surface area contributed by atoms with Gasteiger partial charge in [0.2, 0.25) is 0 Å². The fraction of sp³-hybridized carbons (Fsp3) is 0.211. The molecule has 2 heterocycles. The third kappa shape index (κ3) is 4.29. The number of aromatic nitrogens is 2. The van der Waals surface area contributed by atoms with Crippen molar-refractivity contribution in [1.29, 1.82) is 0 Å². The second-order valence-electron chi connectivity index (χ2n) is 5.67. The maximum absolute atomic E-state index is 12.5. The third-order valence-corrected chi connectivity index (χ3v) is 4.35. The van der Waals surface area contributed by atoms with Crippen molar-refractivity contribution in [2.45, 2.75) is 26.9 Å². The minimum atomic E-state index is -0.392. The van der Waals surface area contributed by atoms with Gasteiger partial charge in [0.25, 0.3) is 5.91 Å². The van der Waals surface area contributed by atoms with Crippen molar-refractivity contribution >= 4 is 27.7 Å². The SMILES string of the molecule is CCc1ccc(OCc2c(C(=O)Nc3ccc(Br)cn3)noc2C)cc1. The van der Waals surface area contributed by atoms with E-state index in [2.05, 4.69) is 38.3 Å². The molecule has 0 unspecified atom stereocenters. The number of carbonyl (C=O) groups is 1. The summed E-state index contributed by atoms with van der Waals surface area (Å²) in [6, 6.07) is 11.3. The lowest BCUT2D eigenvalue weighted by atomic mass is 10.1. The number of pyridine rings is 1. The van der Waals surface area contributed by atoms with Crippen LogP contribution in [0.3, 0.4) is 0 Å². The van der Waals surface area contributed by atoms with Crippen molar-refractivity contribution in [3.05, 3.63) is 69.6 Å². The number of halogens is 1. The largest absolute Gasteiger partial charge is 0.489 e. The molecular formula is C19H18BrN3O3. The lowest BCUT2D eigenvalue weighted by Crippen LogP contribution is -2.16. The molecule has 0 aliphatic heterocycles. The molecule has 0 saturated carbocycles. The van der Waals surface area contributed by atoms with Gasteiger partial charge >= 0.3 is 0 Å². The smallest absolute Gasteiger partial charge is 0.279 e. The quantitative estimate of drug-likeness (QED) is 0.639. The Morgan fingerprint density at radius 3 is 2.65 bits per heavy atom. The van der Waals surface area contributed by atoms with Crippen molar-refractivity contribution in [3.63, 3.8) is 0 Å². The molecule has 0 aliphatic rings. The molecule has 3 rings (SSSR count). The van der Waals surface area contributed by atoms with E-state index in [1.165, 1.54) is 5.56 Å². The Morgan fingerprint density at radius 1 is 1.23 bits per heavy atom. The standard InChI is InChI=1S/C19H18BrN3O3/c1-3-13-4-7-15(8-5-13)25-11-16-12(2)26-23-18(16)19(24)22-17-9-6-14(20)10-21-17/h4-10H,3,11H2,1-2H3,(H,21,22,24). The van der Waals surface area contributed by atoms with E-state index in [0.29, 0.717) is 17.1 Å². The maximum Gasteiger partial charge on any atom is 0.279 e. The Labute approximate surface area is 159 Å². The van der Waals surface area contributed by atoms with Crippen molar-refractivity contribution in [3.8, 4) is 5.75 Å². The molecule has 6 nitrogen and oxygen atoms in total. The van der Waals surface area contributed by atoms with E-state index in [4.69, 9.17) is 9.26 Å². The van der Waals surface area contributed by atoms with E-state index in [-0.39, 0.29) is 12.3 Å². The van der Waals surface area contributed by atoms with Crippen LogP contribution in [0.5, 0.6) is 5.75 Å². The molecular weight excluding hydrogens is 398 g/mol. The molecule has 0 spiro atoms. The Hall–Kier alpha value is -2.67. The van der Waals surface area contributed by atoms with Crippen molar-refractivity contribution in [1.82, 2.24) is 10.1 Å². The van der Waals surface area contributed by atoms with E-state index >= 15 is 0 Å². The number of anilines is 1. The highest BCUT2D eigenvalue weighted by molar-refractivity contribution is 9.10. The fourth-order valence-corrected chi connectivity index (χ4v) is 2.58. The first-order valence-corrected chi connectivity index (χ1v) is 8.96. The first-order chi connectivity index (χ1) is 12.6. The highest BCUT2D eigenvalue weighted by atomic mass is 79.9. The van der Waals surface area contributed by atoms with Gasteiger partial charge in [0.1, 0.15) is 23.9 Å². The molecule has 3 aromatic rings. The summed E-state index contributed by atoms with van der Waals surface area (Å²) in [5.41, 5.74) is 2.04. The number of ether oxygens (including phenoxy) is 1. The number of amides is 1. The van der Waals surface area contributed by atoms with Crippen molar-refractivity contribution in [2.24, 2.45) is 0 Å². The number of carbonyl (C=O) groups excluding carboxylic acids is 1.